The maximum absolute atomic E-state index is 11.9. The van der Waals surface area contributed by atoms with Gasteiger partial charge in [0.05, 0.1) is 0 Å². The molecule has 0 fully saturated rings. The van der Waals surface area contributed by atoms with Crippen molar-refractivity contribution in [2.24, 2.45) is 0 Å². The monoisotopic (exact) mass is 307 g/mol. The third-order valence-electron chi connectivity index (χ3n) is 3.59. The molecule has 0 spiro atoms. The van der Waals surface area contributed by atoms with Crippen LogP contribution in [0.5, 0.6) is 0 Å². The summed E-state index contributed by atoms with van der Waals surface area (Å²) in [6.07, 6.45) is 3.28. The number of anilines is 1. The Morgan fingerprint density at radius 3 is 2.09 bits per heavy atom. The Morgan fingerprint density at radius 1 is 0.957 bits per heavy atom. The number of hydrogen-bond donors (Lipinski definition) is 1. The third-order valence-corrected chi connectivity index (χ3v) is 3.59. The van der Waals surface area contributed by atoms with Crippen LogP contribution in [0, 0.1) is 0 Å². The molecule has 118 valence electrons. The van der Waals surface area contributed by atoms with Crippen LogP contribution in [0.4, 0.5) is 5.69 Å². The smallest absolute Gasteiger partial charge is 0.248 e. The second kappa shape index (κ2) is 7.54. The average Bonchev–Trinajstić information content (AvgIpc) is 2.54. The molecule has 1 amide bonds. The zero-order valence-corrected chi connectivity index (χ0v) is 13.7. The van der Waals surface area contributed by atoms with E-state index in [1.54, 1.807) is 30.3 Å². The first-order valence-electron chi connectivity index (χ1n) is 7.66. The van der Waals surface area contributed by atoms with E-state index in [2.05, 4.69) is 31.3 Å². The average molecular weight is 307 g/mol. The van der Waals surface area contributed by atoms with E-state index in [9.17, 15) is 9.59 Å². The molecule has 0 bridgehead atoms. The summed E-state index contributed by atoms with van der Waals surface area (Å²) in [4.78, 5) is 23.1. The molecular weight excluding hydrogens is 286 g/mol. The number of ketones is 1. The standard InChI is InChI=1S/C20H21NO2/c1-14(2)17-7-4-16(5-8-17)6-13-20(23)21-19-11-9-18(10-12-19)15(3)22/h4-14H,1-3H3,(H,21,23)/b13-6+. The van der Waals surface area contributed by atoms with Crippen molar-refractivity contribution in [3.05, 3.63) is 71.3 Å². The van der Waals surface area contributed by atoms with E-state index in [1.807, 2.05) is 12.1 Å². The molecule has 0 aromatic heterocycles. The van der Waals surface area contributed by atoms with Crippen LogP contribution in [0.3, 0.4) is 0 Å². The molecule has 0 aliphatic heterocycles. The fourth-order valence-corrected chi connectivity index (χ4v) is 2.14. The molecule has 2 aromatic carbocycles. The molecule has 0 aliphatic rings. The van der Waals surface area contributed by atoms with Gasteiger partial charge in [0.15, 0.2) is 5.78 Å². The van der Waals surface area contributed by atoms with Crippen molar-refractivity contribution >= 4 is 23.5 Å². The molecule has 0 atom stereocenters. The molecule has 0 saturated heterocycles. The number of carbonyl (C=O) groups excluding carboxylic acids is 2. The minimum absolute atomic E-state index is 0.00705. The van der Waals surface area contributed by atoms with Gasteiger partial charge in [-0.3, -0.25) is 9.59 Å². The molecule has 0 heterocycles. The van der Waals surface area contributed by atoms with E-state index in [0.717, 1.165) is 5.56 Å². The predicted molar refractivity (Wildman–Crippen MR) is 94.6 cm³/mol. The van der Waals surface area contributed by atoms with E-state index in [1.165, 1.54) is 18.6 Å². The summed E-state index contributed by atoms with van der Waals surface area (Å²) in [7, 11) is 0. The minimum atomic E-state index is -0.200. The van der Waals surface area contributed by atoms with E-state index < -0.39 is 0 Å². The lowest BCUT2D eigenvalue weighted by atomic mass is 10.0. The van der Waals surface area contributed by atoms with Gasteiger partial charge in [0.25, 0.3) is 0 Å². The highest BCUT2D eigenvalue weighted by atomic mass is 16.1. The van der Waals surface area contributed by atoms with Crippen molar-refractivity contribution in [1.82, 2.24) is 0 Å². The molecule has 0 radical (unpaired) electrons. The molecule has 23 heavy (non-hydrogen) atoms. The molecular formula is C20H21NO2. The zero-order chi connectivity index (χ0) is 16.8. The van der Waals surface area contributed by atoms with Gasteiger partial charge in [-0.15, -0.1) is 0 Å². The van der Waals surface area contributed by atoms with Crippen LogP contribution < -0.4 is 5.32 Å². The van der Waals surface area contributed by atoms with Gasteiger partial charge in [-0.2, -0.15) is 0 Å². The van der Waals surface area contributed by atoms with Gasteiger partial charge in [-0.05, 0) is 54.3 Å². The van der Waals surface area contributed by atoms with E-state index in [0.29, 0.717) is 17.2 Å². The van der Waals surface area contributed by atoms with Crippen molar-refractivity contribution in [2.45, 2.75) is 26.7 Å². The summed E-state index contributed by atoms with van der Waals surface area (Å²) in [5, 5.41) is 2.77. The van der Waals surface area contributed by atoms with Gasteiger partial charge in [0, 0.05) is 17.3 Å². The van der Waals surface area contributed by atoms with Crippen molar-refractivity contribution < 1.29 is 9.59 Å². The summed E-state index contributed by atoms with van der Waals surface area (Å²) in [5.74, 6) is 0.301. The highest BCUT2D eigenvalue weighted by molar-refractivity contribution is 6.02. The summed E-state index contributed by atoms with van der Waals surface area (Å²) in [5.41, 5.74) is 3.55. The topological polar surface area (TPSA) is 46.2 Å². The Balaban J connectivity index is 1.97. The SMILES string of the molecule is CC(=O)c1ccc(NC(=O)/C=C/c2ccc(C(C)C)cc2)cc1. The third kappa shape index (κ3) is 4.92. The zero-order valence-electron chi connectivity index (χ0n) is 13.7. The quantitative estimate of drug-likeness (QED) is 0.645. The molecule has 0 unspecified atom stereocenters. The highest BCUT2D eigenvalue weighted by Gasteiger charge is 2.01. The number of hydrogen-bond acceptors (Lipinski definition) is 2. The first kappa shape index (κ1) is 16.7. The van der Waals surface area contributed by atoms with Crippen LogP contribution in [-0.2, 0) is 4.79 Å². The Hall–Kier alpha value is -2.68. The lowest BCUT2D eigenvalue weighted by Gasteiger charge is -2.05. The van der Waals surface area contributed by atoms with Crippen molar-refractivity contribution in [1.29, 1.82) is 0 Å². The lowest BCUT2D eigenvalue weighted by Crippen LogP contribution is -2.07. The largest absolute Gasteiger partial charge is 0.323 e. The maximum atomic E-state index is 11.9. The van der Waals surface area contributed by atoms with Crippen molar-refractivity contribution in [2.75, 3.05) is 5.32 Å². The first-order valence-corrected chi connectivity index (χ1v) is 7.66. The van der Waals surface area contributed by atoms with Crippen LogP contribution in [0.1, 0.15) is 48.2 Å². The normalized spacial score (nSPS) is 11.0. The van der Waals surface area contributed by atoms with Gasteiger partial charge in [0.1, 0.15) is 0 Å². The summed E-state index contributed by atoms with van der Waals surface area (Å²) < 4.78 is 0. The predicted octanol–water partition coefficient (Wildman–Crippen LogP) is 4.66. The van der Waals surface area contributed by atoms with Gasteiger partial charge >= 0.3 is 0 Å². The Morgan fingerprint density at radius 2 is 1.57 bits per heavy atom. The summed E-state index contributed by atoms with van der Waals surface area (Å²) in [6.45, 7) is 5.81. The van der Waals surface area contributed by atoms with Crippen molar-refractivity contribution in [3.63, 3.8) is 0 Å². The van der Waals surface area contributed by atoms with Crippen LogP contribution >= 0.6 is 0 Å². The number of rotatable bonds is 5. The molecule has 2 rings (SSSR count). The van der Waals surface area contributed by atoms with Gasteiger partial charge in [0.2, 0.25) is 5.91 Å². The van der Waals surface area contributed by atoms with E-state index >= 15 is 0 Å². The fourth-order valence-electron chi connectivity index (χ4n) is 2.14. The van der Waals surface area contributed by atoms with Crippen LogP contribution in [-0.4, -0.2) is 11.7 Å². The number of carbonyl (C=O) groups is 2. The van der Waals surface area contributed by atoms with E-state index in [4.69, 9.17) is 0 Å². The van der Waals surface area contributed by atoms with E-state index in [-0.39, 0.29) is 11.7 Å². The minimum Gasteiger partial charge on any atom is -0.323 e. The van der Waals surface area contributed by atoms with Crippen LogP contribution in [0.15, 0.2) is 54.6 Å². The van der Waals surface area contributed by atoms with Gasteiger partial charge < -0.3 is 5.32 Å². The van der Waals surface area contributed by atoms with Gasteiger partial charge in [-0.25, -0.2) is 0 Å². The molecule has 2 aromatic rings. The summed E-state index contributed by atoms with van der Waals surface area (Å²) in [6, 6.07) is 15.0. The molecule has 3 nitrogen and oxygen atoms in total. The van der Waals surface area contributed by atoms with Gasteiger partial charge in [-0.1, -0.05) is 38.1 Å². The summed E-state index contributed by atoms with van der Waals surface area (Å²) >= 11 is 0. The Kier molecular flexibility index (Phi) is 5.47. The Bertz CT molecular complexity index is 710. The van der Waals surface area contributed by atoms with Crippen LogP contribution in [0.2, 0.25) is 0 Å². The Labute approximate surface area is 137 Å². The highest BCUT2D eigenvalue weighted by Crippen LogP contribution is 2.15. The number of Topliss-reactive ketones (excluding diaryl/α,β-unsaturated/α-hetero) is 1. The molecule has 0 aliphatic carbocycles. The maximum Gasteiger partial charge on any atom is 0.248 e. The second-order valence-electron chi connectivity index (χ2n) is 5.78. The first-order chi connectivity index (χ1) is 11.0. The number of nitrogens with one attached hydrogen (secondary N) is 1. The fraction of sp³-hybridized carbons (Fsp3) is 0.200. The molecule has 1 N–H and O–H groups in total. The molecule has 3 heteroatoms. The number of amides is 1. The second-order valence-corrected chi connectivity index (χ2v) is 5.78. The van der Waals surface area contributed by atoms with Crippen LogP contribution in [0.25, 0.3) is 6.08 Å². The lowest BCUT2D eigenvalue weighted by molar-refractivity contribution is -0.111. The molecule has 0 saturated carbocycles. The van der Waals surface area contributed by atoms with Crippen molar-refractivity contribution in [3.8, 4) is 0 Å². The number of benzene rings is 2.